The molecule has 1 aromatic carbocycles. The third kappa shape index (κ3) is 3.56. The van der Waals surface area contributed by atoms with E-state index in [1.165, 1.54) is 5.56 Å². The van der Waals surface area contributed by atoms with Gasteiger partial charge in [0.1, 0.15) is 5.75 Å². The third-order valence-electron chi connectivity index (χ3n) is 2.73. The molecule has 0 spiro atoms. The summed E-state index contributed by atoms with van der Waals surface area (Å²) in [5.41, 5.74) is 9.09. The molecule has 2 heteroatoms. The molecule has 2 nitrogen and oxygen atoms in total. The van der Waals surface area contributed by atoms with Crippen LogP contribution in [0.25, 0.3) is 0 Å². The van der Waals surface area contributed by atoms with Gasteiger partial charge in [0.25, 0.3) is 0 Å². The Morgan fingerprint density at radius 1 is 1.20 bits per heavy atom. The Labute approximate surface area is 92.1 Å². The van der Waals surface area contributed by atoms with Gasteiger partial charge in [-0.15, -0.1) is 0 Å². The average Bonchev–Trinajstić information content (AvgIpc) is 2.07. The number of phenols is 1. The van der Waals surface area contributed by atoms with Gasteiger partial charge in [-0.25, -0.2) is 0 Å². The summed E-state index contributed by atoms with van der Waals surface area (Å²) in [7, 11) is 0. The summed E-state index contributed by atoms with van der Waals surface area (Å²) in [4.78, 5) is 0. The van der Waals surface area contributed by atoms with Crippen LogP contribution in [0.4, 0.5) is 0 Å². The summed E-state index contributed by atoms with van der Waals surface area (Å²) in [6.45, 7) is 8.08. The third-order valence-corrected chi connectivity index (χ3v) is 2.73. The Morgan fingerprint density at radius 2 is 1.73 bits per heavy atom. The van der Waals surface area contributed by atoms with Crippen molar-refractivity contribution in [2.24, 2.45) is 5.73 Å². The van der Waals surface area contributed by atoms with Gasteiger partial charge >= 0.3 is 0 Å². The van der Waals surface area contributed by atoms with E-state index in [1.54, 1.807) is 0 Å². The van der Waals surface area contributed by atoms with Gasteiger partial charge in [-0.3, -0.25) is 0 Å². The predicted molar refractivity (Wildman–Crippen MR) is 64.2 cm³/mol. The zero-order valence-corrected chi connectivity index (χ0v) is 10.1. The minimum atomic E-state index is -0.175. The first-order chi connectivity index (χ1) is 6.79. The molecule has 0 atom stereocenters. The number of hydrogen-bond donors (Lipinski definition) is 2. The Balaban J connectivity index is 2.82. The number of hydrogen-bond acceptors (Lipinski definition) is 2. The van der Waals surface area contributed by atoms with E-state index in [0.29, 0.717) is 5.75 Å². The Kier molecular flexibility index (Phi) is 3.40. The van der Waals surface area contributed by atoms with Crippen molar-refractivity contribution in [3.63, 3.8) is 0 Å². The van der Waals surface area contributed by atoms with Gasteiger partial charge in [0.2, 0.25) is 0 Å². The van der Waals surface area contributed by atoms with E-state index in [-0.39, 0.29) is 5.54 Å². The Hall–Kier alpha value is -1.02. The van der Waals surface area contributed by atoms with E-state index in [9.17, 15) is 5.11 Å². The topological polar surface area (TPSA) is 46.2 Å². The SMILES string of the molecule is Cc1cc(O)c(CCC(C)(C)N)cc1C. The van der Waals surface area contributed by atoms with E-state index in [4.69, 9.17) is 5.73 Å². The predicted octanol–water partition coefficient (Wildman–Crippen LogP) is 2.68. The maximum atomic E-state index is 9.77. The van der Waals surface area contributed by atoms with Gasteiger partial charge in [0.15, 0.2) is 0 Å². The lowest BCUT2D eigenvalue weighted by atomic mass is 9.94. The van der Waals surface area contributed by atoms with Crippen molar-refractivity contribution in [3.8, 4) is 5.75 Å². The number of rotatable bonds is 3. The summed E-state index contributed by atoms with van der Waals surface area (Å²) in [5.74, 6) is 0.391. The minimum Gasteiger partial charge on any atom is -0.508 e. The van der Waals surface area contributed by atoms with Crippen molar-refractivity contribution in [2.75, 3.05) is 0 Å². The van der Waals surface area contributed by atoms with Gasteiger partial charge in [-0.1, -0.05) is 6.07 Å². The summed E-state index contributed by atoms with van der Waals surface area (Å²) in [5, 5.41) is 9.77. The van der Waals surface area contributed by atoms with Gasteiger partial charge in [-0.05, 0) is 63.3 Å². The van der Waals surface area contributed by atoms with Gasteiger partial charge < -0.3 is 10.8 Å². The fraction of sp³-hybridized carbons (Fsp3) is 0.538. The average molecular weight is 207 g/mol. The Morgan fingerprint density at radius 3 is 2.27 bits per heavy atom. The van der Waals surface area contributed by atoms with Crippen LogP contribution in [-0.4, -0.2) is 10.6 Å². The number of phenolic OH excluding ortho intramolecular Hbond substituents is 1. The van der Waals surface area contributed by atoms with Crippen molar-refractivity contribution in [3.05, 3.63) is 28.8 Å². The van der Waals surface area contributed by atoms with Crippen LogP contribution in [0.15, 0.2) is 12.1 Å². The molecule has 0 aliphatic heterocycles. The zero-order valence-electron chi connectivity index (χ0n) is 10.1. The summed E-state index contributed by atoms with van der Waals surface area (Å²) in [6, 6.07) is 3.88. The maximum Gasteiger partial charge on any atom is 0.119 e. The highest BCUT2D eigenvalue weighted by Crippen LogP contribution is 2.24. The summed E-state index contributed by atoms with van der Waals surface area (Å²) >= 11 is 0. The molecule has 1 aromatic rings. The maximum absolute atomic E-state index is 9.77. The molecule has 15 heavy (non-hydrogen) atoms. The summed E-state index contributed by atoms with van der Waals surface area (Å²) < 4.78 is 0. The largest absolute Gasteiger partial charge is 0.508 e. The second-order valence-electron chi connectivity index (χ2n) is 5.05. The lowest BCUT2D eigenvalue weighted by molar-refractivity contribution is 0.448. The van der Waals surface area contributed by atoms with Crippen molar-refractivity contribution in [1.29, 1.82) is 0 Å². The number of aromatic hydroxyl groups is 1. The van der Waals surface area contributed by atoms with E-state index in [1.807, 2.05) is 26.8 Å². The van der Waals surface area contributed by atoms with E-state index < -0.39 is 0 Å². The second-order valence-corrected chi connectivity index (χ2v) is 5.05. The Bertz CT molecular complexity index is 350. The van der Waals surface area contributed by atoms with Crippen LogP contribution < -0.4 is 5.73 Å². The zero-order chi connectivity index (χ0) is 11.6. The highest BCUT2D eigenvalue weighted by molar-refractivity contribution is 5.40. The highest BCUT2D eigenvalue weighted by Gasteiger charge is 2.12. The van der Waals surface area contributed by atoms with Crippen LogP contribution in [0.5, 0.6) is 5.75 Å². The molecule has 0 aliphatic carbocycles. The molecule has 0 aromatic heterocycles. The quantitative estimate of drug-likeness (QED) is 0.800. The van der Waals surface area contributed by atoms with Crippen LogP contribution in [0.2, 0.25) is 0 Å². The smallest absolute Gasteiger partial charge is 0.119 e. The normalized spacial score (nSPS) is 11.8. The van der Waals surface area contributed by atoms with E-state index >= 15 is 0 Å². The molecular weight excluding hydrogens is 186 g/mol. The molecule has 0 aliphatic rings. The van der Waals surface area contributed by atoms with Gasteiger partial charge in [0, 0.05) is 5.54 Å². The monoisotopic (exact) mass is 207 g/mol. The first-order valence-corrected chi connectivity index (χ1v) is 5.37. The molecule has 0 unspecified atom stereocenters. The lowest BCUT2D eigenvalue weighted by Gasteiger charge is -2.18. The van der Waals surface area contributed by atoms with Crippen LogP contribution in [0.1, 0.15) is 37.0 Å². The first-order valence-electron chi connectivity index (χ1n) is 5.37. The van der Waals surface area contributed by atoms with E-state index in [2.05, 4.69) is 13.0 Å². The molecule has 0 fully saturated rings. The number of nitrogens with two attached hydrogens (primary N) is 1. The van der Waals surface area contributed by atoms with Crippen LogP contribution >= 0.6 is 0 Å². The molecule has 0 amide bonds. The first kappa shape index (κ1) is 12.1. The highest BCUT2D eigenvalue weighted by atomic mass is 16.3. The van der Waals surface area contributed by atoms with Crippen molar-refractivity contribution >= 4 is 0 Å². The molecule has 1 rings (SSSR count). The standard InChI is InChI=1S/C13H21NO/c1-9-7-11(5-6-13(3,4)14)12(15)8-10(9)2/h7-8,15H,5-6,14H2,1-4H3. The van der Waals surface area contributed by atoms with Crippen molar-refractivity contribution < 1.29 is 5.11 Å². The molecule has 3 N–H and O–H groups in total. The fourth-order valence-electron chi connectivity index (χ4n) is 1.52. The number of benzene rings is 1. The van der Waals surface area contributed by atoms with Gasteiger partial charge in [0.05, 0.1) is 0 Å². The van der Waals surface area contributed by atoms with Gasteiger partial charge in [-0.2, -0.15) is 0 Å². The number of aryl methyl sites for hydroxylation is 3. The molecule has 0 radical (unpaired) electrons. The molecule has 0 saturated carbocycles. The lowest BCUT2D eigenvalue weighted by Crippen LogP contribution is -2.32. The molecule has 84 valence electrons. The second kappa shape index (κ2) is 4.23. The molecule has 0 bridgehead atoms. The van der Waals surface area contributed by atoms with Crippen molar-refractivity contribution in [2.45, 2.75) is 46.1 Å². The molecular formula is C13H21NO. The van der Waals surface area contributed by atoms with Crippen molar-refractivity contribution in [1.82, 2.24) is 0 Å². The van der Waals surface area contributed by atoms with Crippen LogP contribution in [-0.2, 0) is 6.42 Å². The summed E-state index contributed by atoms with van der Waals surface area (Å²) in [6.07, 6.45) is 1.71. The van der Waals surface area contributed by atoms with Crippen LogP contribution in [0, 0.1) is 13.8 Å². The van der Waals surface area contributed by atoms with Crippen LogP contribution in [0.3, 0.4) is 0 Å². The van der Waals surface area contributed by atoms with E-state index in [0.717, 1.165) is 24.0 Å². The minimum absolute atomic E-state index is 0.175. The molecule has 0 heterocycles. The molecule has 0 saturated heterocycles. The fourth-order valence-corrected chi connectivity index (χ4v) is 1.52.